The fourth-order valence-electron chi connectivity index (χ4n) is 3.68. The molecular weight excluding hydrogens is 300 g/mol. The predicted molar refractivity (Wildman–Crippen MR) is 83.3 cm³/mol. The van der Waals surface area contributed by atoms with Crippen molar-refractivity contribution in [3.8, 4) is 0 Å². The van der Waals surface area contributed by atoms with E-state index in [9.17, 15) is 0 Å². The summed E-state index contributed by atoms with van der Waals surface area (Å²) in [5.41, 5.74) is 1.37. The van der Waals surface area contributed by atoms with Crippen LogP contribution in [-0.2, 0) is 0 Å². The molecule has 0 bridgehead atoms. The highest BCUT2D eigenvalue weighted by molar-refractivity contribution is 9.10. The zero-order valence-electron chi connectivity index (χ0n) is 11.6. The van der Waals surface area contributed by atoms with E-state index in [2.05, 4.69) is 57.3 Å². The summed E-state index contributed by atoms with van der Waals surface area (Å²) >= 11 is 3.66. The van der Waals surface area contributed by atoms with Crippen molar-refractivity contribution in [2.75, 3.05) is 13.1 Å². The molecule has 3 heteroatoms. The monoisotopic (exact) mass is 322 g/mol. The molecule has 2 aliphatic rings. The van der Waals surface area contributed by atoms with Crippen LogP contribution in [0.3, 0.4) is 0 Å². The topological polar surface area (TPSA) is 15.3 Å². The normalized spacial score (nSPS) is 29.2. The highest BCUT2D eigenvalue weighted by Gasteiger charge is 2.35. The third-order valence-electron chi connectivity index (χ3n) is 4.69. The Kier molecular flexibility index (Phi) is 4.25. The SMILES string of the molecule is CC(NC1CCN2CCCCC12)c1ccccc1Br. The number of nitrogens with zero attached hydrogens (tertiary/aromatic N) is 1. The Balaban J connectivity index is 1.67. The van der Waals surface area contributed by atoms with E-state index in [0.717, 1.165) is 6.04 Å². The number of piperidine rings is 1. The predicted octanol–water partition coefficient (Wildman–Crippen LogP) is 3.73. The first kappa shape index (κ1) is 13.6. The lowest BCUT2D eigenvalue weighted by atomic mass is 9.97. The first-order valence-corrected chi connectivity index (χ1v) is 8.29. The molecule has 1 N–H and O–H groups in total. The number of nitrogens with one attached hydrogen (secondary N) is 1. The average Bonchev–Trinajstić information content (AvgIpc) is 2.83. The van der Waals surface area contributed by atoms with Crippen molar-refractivity contribution in [2.45, 2.75) is 50.7 Å². The molecule has 1 aromatic rings. The van der Waals surface area contributed by atoms with Crippen molar-refractivity contribution in [1.29, 1.82) is 0 Å². The van der Waals surface area contributed by atoms with E-state index in [1.54, 1.807) is 0 Å². The van der Waals surface area contributed by atoms with Crippen LogP contribution >= 0.6 is 15.9 Å². The third kappa shape index (κ3) is 2.88. The van der Waals surface area contributed by atoms with E-state index in [4.69, 9.17) is 0 Å². The maximum Gasteiger partial charge on any atom is 0.0306 e. The molecule has 19 heavy (non-hydrogen) atoms. The molecule has 2 saturated heterocycles. The maximum absolute atomic E-state index is 3.86. The molecule has 0 saturated carbocycles. The largest absolute Gasteiger partial charge is 0.306 e. The van der Waals surface area contributed by atoms with Gasteiger partial charge in [-0.1, -0.05) is 40.5 Å². The molecule has 1 aromatic carbocycles. The molecule has 0 radical (unpaired) electrons. The smallest absolute Gasteiger partial charge is 0.0306 e. The van der Waals surface area contributed by atoms with Gasteiger partial charge in [-0.25, -0.2) is 0 Å². The number of hydrogen-bond donors (Lipinski definition) is 1. The molecule has 0 spiro atoms. The molecule has 2 heterocycles. The van der Waals surface area contributed by atoms with Gasteiger partial charge in [0.05, 0.1) is 0 Å². The summed E-state index contributed by atoms with van der Waals surface area (Å²) in [6, 6.07) is 10.4. The van der Waals surface area contributed by atoms with Crippen molar-refractivity contribution in [3.05, 3.63) is 34.3 Å². The molecule has 3 unspecified atom stereocenters. The Bertz CT molecular complexity index is 435. The van der Waals surface area contributed by atoms with Gasteiger partial charge in [-0.15, -0.1) is 0 Å². The van der Waals surface area contributed by atoms with Gasteiger partial charge in [-0.2, -0.15) is 0 Å². The van der Waals surface area contributed by atoms with Crippen LogP contribution in [0.15, 0.2) is 28.7 Å². The van der Waals surface area contributed by atoms with E-state index in [0.29, 0.717) is 12.1 Å². The van der Waals surface area contributed by atoms with Crippen molar-refractivity contribution in [2.24, 2.45) is 0 Å². The lowest BCUT2D eigenvalue weighted by Crippen LogP contribution is -2.45. The second-order valence-corrected chi connectivity index (χ2v) is 6.76. The molecule has 2 nitrogen and oxygen atoms in total. The first-order valence-electron chi connectivity index (χ1n) is 7.50. The molecule has 3 atom stereocenters. The van der Waals surface area contributed by atoms with Crippen LogP contribution in [0.25, 0.3) is 0 Å². The molecule has 2 fully saturated rings. The zero-order valence-corrected chi connectivity index (χ0v) is 13.2. The van der Waals surface area contributed by atoms with E-state index < -0.39 is 0 Å². The lowest BCUT2D eigenvalue weighted by Gasteiger charge is -2.34. The zero-order chi connectivity index (χ0) is 13.2. The summed E-state index contributed by atoms with van der Waals surface area (Å²) in [4.78, 5) is 2.69. The Morgan fingerprint density at radius 1 is 1.21 bits per heavy atom. The van der Waals surface area contributed by atoms with Gasteiger partial charge in [-0.05, 0) is 44.4 Å². The van der Waals surface area contributed by atoms with Gasteiger partial charge >= 0.3 is 0 Å². The van der Waals surface area contributed by atoms with Crippen molar-refractivity contribution >= 4 is 15.9 Å². The number of fused-ring (bicyclic) bond motifs is 1. The Hall–Kier alpha value is -0.380. The second kappa shape index (κ2) is 5.94. The number of halogens is 1. The lowest BCUT2D eigenvalue weighted by molar-refractivity contribution is 0.177. The van der Waals surface area contributed by atoms with Gasteiger partial charge in [0.2, 0.25) is 0 Å². The summed E-state index contributed by atoms with van der Waals surface area (Å²) in [6.07, 6.45) is 5.48. The van der Waals surface area contributed by atoms with E-state index in [1.165, 1.54) is 48.8 Å². The van der Waals surface area contributed by atoms with E-state index in [1.807, 2.05) is 0 Å². The van der Waals surface area contributed by atoms with Crippen LogP contribution in [0.1, 0.15) is 44.2 Å². The van der Waals surface area contributed by atoms with Crippen LogP contribution in [0.2, 0.25) is 0 Å². The Labute approximate surface area is 124 Å². The highest BCUT2D eigenvalue weighted by atomic mass is 79.9. The first-order chi connectivity index (χ1) is 9.25. The second-order valence-electron chi connectivity index (χ2n) is 5.90. The minimum Gasteiger partial charge on any atom is -0.306 e. The fraction of sp³-hybridized carbons (Fsp3) is 0.625. The molecule has 0 aromatic heterocycles. The van der Waals surface area contributed by atoms with Gasteiger partial charge < -0.3 is 5.32 Å². The number of hydrogen-bond acceptors (Lipinski definition) is 2. The summed E-state index contributed by atoms with van der Waals surface area (Å²) in [5, 5.41) is 3.86. The quantitative estimate of drug-likeness (QED) is 0.912. The fourth-order valence-corrected chi connectivity index (χ4v) is 4.31. The molecule has 0 amide bonds. The molecule has 104 valence electrons. The molecular formula is C16H23BrN2. The summed E-state index contributed by atoms with van der Waals surface area (Å²) in [5.74, 6) is 0. The van der Waals surface area contributed by atoms with Crippen LogP contribution in [0, 0.1) is 0 Å². The standard InChI is InChI=1S/C16H23BrN2/c1-12(13-6-2-3-7-14(13)17)18-15-9-11-19-10-5-4-8-16(15)19/h2-3,6-7,12,15-16,18H,4-5,8-11H2,1H3. The molecule has 0 aliphatic carbocycles. The summed E-state index contributed by atoms with van der Waals surface area (Å²) < 4.78 is 1.22. The van der Waals surface area contributed by atoms with Crippen molar-refractivity contribution in [1.82, 2.24) is 10.2 Å². The maximum atomic E-state index is 3.86. The molecule has 3 rings (SSSR count). The van der Waals surface area contributed by atoms with Crippen molar-refractivity contribution in [3.63, 3.8) is 0 Å². The van der Waals surface area contributed by atoms with Crippen LogP contribution in [0.4, 0.5) is 0 Å². The van der Waals surface area contributed by atoms with Crippen molar-refractivity contribution < 1.29 is 0 Å². The summed E-state index contributed by atoms with van der Waals surface area (Å²) in [7, 11) is 0. The Morgan fingerprint density at radius 3 is 2.89 bits per heavy atom. The van der Waals surface area contributed by atoms with Gasteiger partial charge in [-0.3, -0.25) is 4.90 Å². The van der Waals surface area contributed by atoms with Crippen LogP contribution < -0.4 is 5.32 Å². The minimum absolute atomic E-state index is 0.419. The number of rotatable bonds is 3. The minimum atomic E-state index is 0.419. The van der Waals surface area contributed by atoms with E-state index >= 15 is 0 Å². The average molecular weight is 323 g/mol. The summed E-state index contributed by atoms with van der Waals surface area (Å²) in [6.45, 7) is 4.88. The van der Waals surface area contributed by atoms with Gasteiger partial charge in [0.15, 0.2) is 0 Å². The number of benzene rings is 1. The van der Waals surface area contributed by atoms with Gasteiger partial charge in [0.25, 0.3) is 0 Å². The van der Waals surface area contributed by atoms with Gasteiger partial charge in [0, 0.05) is 29.1 Å². The highest BCUT2D eigenvalue weighted by Crippen LogP contribution is 2.30. The Morgan fingerprint density at radius 2 is 2.05 bits per heavy atom. The van der Waals surface area contributed by atoms with Crippen LogP contribution in [-0.4, -0.2) is 30.1 Å². The van der Waals surface area contributed by atoms with E-state index in [-0.39, 0.29) is 0 Å². The third-order valence-corrected chi connectivity index (χ3v) is 5.41. The van der Waals surface area contributed by atoms with Gasteiger partial charge in [0.1, 0.15) is 0 Å². The van der Waals surface area contributed by atoms with Crippen LogP contribution in [0.5, 0.6) is 0 Å². The molecule has 2 aliphatic heterocycles.